The van der Waals surface area contributed by atoms with Crippen molar-refractivity contribution in [1.29, 1.82) is 0 Å². The minimum absolute atomic E-state index is 0.260. The monoisotopic (exact) mass is 215 g/mol. The van der Waals surface area contributed by atoms with Crippen LogP contribution in [0, 0.1) is 12.3 Å². The molecule has 0 aromatic rings. The van der Waals surface area contributed by atoms with Crippen LogP contribution in [0.15, 0.2) is 0 Å². The minimum Gasteiger partial charge on any atom is -0.300 e. The van der Waals surface area contributed by atoms with Gasteiger partial charge in [0.05, 0.1) is 10.5 Å². The summed E-state index contributed by atoms with van der Waals surface area (Å²) >= 11 is 0. The lowest BCUT2D eigenvalue weighted by molar-refractivity contribution is 0.267. The second-order valence-electron chi connectivity index (χ2n) is 3.92. The Labute approximate surface area is 86.4 Å². The van der Waals surface area contributed by atoms with Gasteiger partial charge in [0.1, 0.15) is 0 Å². The van der Waals surface area contributed by atoms with Crippen LogP contribution in [0.5, 0.6) is 0 Å². The van der Waals surface area contributed by atoms with E-state index in [0.717, 1.165) is 6.54 Å². The summed E-state index contributed by atoms with van der Waals surface area (Å²) in [6, 6.07) is 0. The molecule has 1 fully saturated rings. The molecule has 14 heavy (non-hydrogen) atoms. The first-order valence-corrected chi connectivity index (χ1v) is 6.48. The van der Waals surface area contributed by atoms with Crippen molar-refractivity contribution >= 4 is 9.84 Å². The Balaban J connectivity index is 2.62. The third-order valence-electron chi connectivity index (χ3n) is 2.72. The van der Waals surface area contributed by atoms with E-state index in [2.05, 4.69) is 10.8 Å². The number of sulfone groups is 1. The second kappa shape index (κ2) is 4.33. The molecule has 0 bridgehead atoms. The van der Waals surface area contributed by atoms with Gasteiger partial charge in [0.2, 0.25) is 0 Å². The molecule has 1 aliphatic heterocycles. The Morgan fingerprint density at radius 3 is 2.29 bits per heavy atom. The summed E-state index contributed by atoms with van der Waals surface area (Å²) in [5.74, 6) is 2.57. The summed E-state index contributed by atoms with van der Waals surface area (Å²) < 4.78 is 23.3. The Hall–Kier alpha value is -0.530. The first-order chi connectivity index (χ1) is 6.48. The van der Waals surface area contributed by atoms with Crippen molar-refractivity contribution in [3.05, 3.63) is 0 Å². The van der Waals surface area contributed by atoms with Crippen LogP contribution in [-0.4, -0.2) is 43.5 Å². The molecule has 0 N–H and O–H groups in total. The number of hydrogen-bond acceptors (Lipinski definition) is 3. The molecule has 80 valence electrons. The molecule has 1 heterocycles. The first-order valence-electron chi connectivity index (χ1n) is 4.87. The Kier molecular flexibility index (Phi) is 3.57. The van der Waals surface area contributed by atoms with Crippen molar-refractivity contribution in [1.82, 2.24) is 4.90 Å². The van der Waals surface area contributed by atoms with Gasteiger partial charge in [-0.2, -0.15) is 0 Å². The van der Waals surface area contributed by atoms with E-state index in [1.54, 1.807) is 13.8 Å². The summed E-state index contributed by atoms with van der Waals surface area (Å²) in [5, 5.41) is -0.520. The molecule has 0 amide bonds. The number of hydrogen-bond donors (Lipinski definition) is 0. The summed E-state index contributed by atoms with van der Waals surface area (Å²) in [6.45, 7) is 5.59. The molecule has 1 saturated heterocycles. The predicted octanol–water partition coefficient (Wildman–Crippen LogP) is 0.517. The molecule has 3 nitrogen and oxygen atoms in total. The van der Waals surface area contributed by atoms with Crippen molar-refractivity contribution in [3.8, 4) is 12.3 Å². The maximum absolute atomic E-state index is 11.7. The Bertz CT molecular complexity index is 311. The van der Waals surface area contributed by atoms with Gasteiger partial charge in [0, 0.05) is 26.1 Å². The Morgan fingerprint density at radius 2 is 1.86 bits per heavy atom. The fourth-order valence-electron chi connectivity index (χ4n) is 1.81. The van der Waals surface area contributed by atoms with Gasteiger partial charge in [-0.05, 0) is 13.8 Å². The molecule has 0 aliphatic carbocycles. The maximum Gasteiger partial charge on any atom is 0.157 e. The second-order valence-corrected chi connectivity index (χ2v) is 6.71. The van der Waals surface area contributed by atoms with Gasteiger partial charge in [0.15, 0.2) is 9.84 Å². The van der Waals surface area contributed by atoms with E-state index in [4.69, 9.17) is 6.42 Å². The lowest BCUT2D eigenvalue weighted by Crippen LogP contribution is -2.50. The number of rotatable bonds is 2. The van der Waals surface area contributed by atoms with Crippen LogP contribution >= 0.6 is 0 Å². The normalized spacial score (nSPS) is 32.4. The molecule has 2 atom stereocenters. The van der Waals surface area contributed by atoms with Crippen LogP contribution in [0.3, 0.4) is 0 Å². The molecule has 4 heteroatoms. The van der Waals surface area contributed by atoms with Crippen molar-refractivity contribution in [3.63, 3.8) is 0 Å². The smallest absolute Gasteiger partial charge is 0.157 e. The molecule has 0 radical (unpaired) electrons. The van der Waals surface area contributed by atoms with Crippen LogP contribution in [0.25, 0.3) is 0 Å². The van der Waals surface area contributed by atoms with E-state index in [1.807, 2.05) is 0 Å². The molecule has 1 rings (SSSR count). The SMILES string of the molecule is C#CCCN1CC(C)S(=O)(=O)C(C)C1. The molecule has 0 spiro atoms. The summed E-state index contributed by atoms with van der Waals surface area (Å²) in [7, 11) is -2.89. The number of terminal acetylenes is 1. The van der Waals surface area contributed by atoms with Crippen LogP contribution in [0.4, 0.5) is 0 Å². The summed E-state index contributed by atoms with van der Waals surface area (Å²) in [5.41, 5.74) is 0. The standard InChI is InChI=1S/C10H17NO2S/c1-4-5-6-11-7-9(2)14(12,13)10(3)8-11/h1,9-10H,5-8H2,2-3H3. The lowest BCUT2D eigenvalue weighted by atomic mass is 10.3. The molecule has 2 unspecified atom stereocenters. The van der Waals surface area contributed by atoms with Crippen LogP contribution in [-0.2, 0) is 9.84 Å². The van der Waals surface area contributed by atoms with Gasteiger partial charge in [-0.15, -0.1) is 12.3 Å². The highest BCUT2D eigenvalue weighted by Crippen LogP contribution is 2.18. The highest BCUT2D eigenvalue weighted by molar-refractivity contribution is 7.92. The summed E-state index contributed by atoms with van der Waals surface area (Å²) in [6.07, 6.45) is 5.87. The fourth-order valence-corrected chi connectivity index (χ4v) is 3.44. The average Bonchev–Trinajstić information content (AvgIpc) is 2.11. The number of nitrogens with zero attached hydrogens (tertiary/aromatic N) is 1. The van der Waals surface area contributed by atoms with E-state index in [0.29, 0.717) is 19.5 Å². The third-order valence-corrected chi connectivity index (χ3v) is 5.27. The fraction of sp³-hybridized carbons (Fsp3) is 0.800. The Morgan fingerprint density at radius 1 is 1.36 bits per heavy atom. The molecule has 0 aromatic heterocycles. The van der Waals surface area contributed by atoms with E-state index in [-0.39, 0.29) is 10.5 Å². The summed E-state index contributed by atoms with van der Waals surface area (Å²) in [4.78, 5) is 2.14. The van der Waals surface area contributed by atoms with Gasteiger partial charge in [-0.1, -0.05) is 0 Å². The van der Waals surface area contributed by atoms with Crippen LogP contribution in [0.2, 0.25) is 0 Å². The van der Waals surface area contributed by atoms with Crippen LogP contribution in [0.1, 0.15) is 20.3 Å². The van der Waals surface area contributed by atoms with Crippen molar-refractivity contribution < 1.29 is 8.42 Å². The molecular weight excluding hydrogens is 198 g/mol. The molecular formula is C10H17NO2S. The third kappa shape index (κ3) is 2.28. The van der Waals surface area contributed by atoms with Gasteiger partial charge in [-0.3, -0.25) is 4.90 Å². The quantitative estimate of drug-likeness (QED) is 0.630. The highest BCUT2D eigenvalue weighted by Gasteiger charge is 2.35. The molecule has 0 saturated carbocycles. The van der Waals surface area contributed by atoms with Gasteiger partial charge >= 0.3 is 0 Å². The van der Waals surface area contributed by atoms with E-state index < -0.39 is 9.84 Å². The first kappa shape index (κ1) is 11.5. The molecule has 1 aliphatic rings. The van der Waals surface area contributed by atoms with Gasteiger partial charge in [-0.25, -0.2) is 8.42 Å². The van der Waals surface area contributed by atoms with E-state index in [9.17, 15) is 8.42 Å². The van der Waals surface area contributed by atoms with Gasteiger partial charge in [0.25, 0.3) is 0 Å². The largest absolute Gasteiger partial charge is 0.300 e. The zero-order chi connectivity index (χ0) is 10.8. The zero-order valence-electron chi connectivity index (χ0n) is 8.73. The van der Waals surface area contributed by atoms with E-state index >= 15 is 0 Å². The minimum atomic E-state index is -2.89. The van der Waals surface area contributed by atoms with Crippen molar-refractivity contribution in [2.75, 3.05) is 19.6 Å². The molecule has 0 aromatic carbocycles. The highest BCUT2D eigenvalue weighted by atomic mass is 32.2. The van der Waals surface area contributed by atoms with Crippen LogP contribution < -0.4 is 0 Å². The average molecular weight is 215 g/mol. The predicted molar refractivity (Wildman–Crippen MR) is 57.7 cm³/mol. The van der Waals surface area contributed by atoms with Gasteiger partial charge < -0.3 is 0 Å². The maximum atomic E-state index is 11.7. The van der Waals surface area contributed by atoms with Crippen molar-refractivity contribution in [2.45, 2.75) is 30.8 Å². The van der Waals surface area contributed by atoms with Crippen molar-refractivity contribution in [2.24, 2.45) is 0 Å². The topological polar surface area (TPSA) is 37.4 Å². The lowest BCUT2D eigenvalue weighted by Gasteiger charge is -2.34. The zero-order valence-corrected chi connectivity index (χ0v) is 9.55. The van der Waals surface area contributed by atoms with E-state index in [1.165, 1.54) is 0 Å².